The lowest BCUT2D eigenvalue weighted by molar-refractivity contribution is -0.146. The molecule has 0 saturated heterocycles. The van der Waals surface area contributed by atoms with Gasteiger partial charge in [0, 0.05) is 6.42 Å². The van der Waals surface area contributed by atoms with Crippen LogP contribution in [0.4, 0.5) is 0 Å². The third-order valence-corrected chi connectivity index (χ3v) is 3.67. The van der Waals surface area contributed by atoms with E-state index >= 15 is 0 Å². The Morgan fingerprint density at radius 2 is 1.72 bits per heavy atom. The van der Waals surface area contributed by atoms with Gasteiger partial charge >= 0.3 is 5.97 Å². The summed E-state index contributed by atoms with van der Waals surface area (Å²) in [6.45, 7) is 0.409. The summed E-state index contributed by atoms with van der Waals surface area (Å²) in [6, 6.07) is 9.87. The zero-order valence-corrected chi connectivity index (χ0v) is 10.9. The molecule has 1 aromatic rings. The molecule has 0 aliphatic heterocycles. The lowest BCUT2D eigenvalue weighted by atomic mass is 9.97. The average Bonchev–Trinajstić information content (AvgIpc) is 2.66. The second-order valence-corrected chi connectivity index (χ2v) is 5.21. The van der Waals surface area contributed by atoms with Crippen molar-refractivity contribution in [1.82, 2.24) is 0 Å². The molecule has 1 aliphatic carbocycles. The molecule has 18 heavy (non-hydrogen) atoms. The van der Waals surface area contributed by atoms with Gasteiger partial charge in [0.05, 0.1) is 0 Å². The largest absolute Gasteiger partial charge is 0.461 e. The summed E-state index contributed by atoms with van der Waals surface area (Å²) in [6.07, 6.45) is 8.20. The standard InChI is InChI=1S/C16H22O2/c17-16(12-14-8-4-1-2-5-9-14)18-13-15-10-6-3-7-11-15/h3,6-7,10-11,14H,1-2,4-5,8-9,12-13H2. The Balaban J connectivity index is 1.71. The molecule has 0 aromatic heterocycles. The van der Waals surface area contributed by atoms with Gasteiger partial charge in [0.15, 0.2) is 0 Å². The van der Waals surface area contributed by atoms with E-state index in [-0.39, 0.29) is 5.97 Å². The molecule has 1 aromatic carbocycles. The summed E-state index contributed by atoms with van der Waals surface area (Å²) >= 11 is 0. The van der Waals surface area contributed by atoms with Gasteiger partial charge in [0.2, 0.25) is 0 Å². The van der Waals surface area contributed by atoms with E-state index in [1.54, 1.807) is 0 Å². The molecule has 0 unspecified atom stereocenters. The van der Waals surface area contributed by atoms with Gasteiger partial charge in [0.1, 0.15) is 6.61 Å². The van der Waals surface area contributed by atoms with Crippen LogP contribution in [0.2, 0.25) is 0 Å². The van der Waals surface area contributed by atoms with E-state index in [1.165, 1.54) is 38.5 Å². The van der Waals surface area contributed by atoms with Crippen LogP contribution >= 0.6 is 0 Å². The van der Waals surface area contributed by atoms with Gasteiger partial charge in [-0.05, 0) is 24.3 Å². The monoisotopic (exact) mass is 246 g/mol. The van der Waals surface area contributed by atoms with Crippen molar-refractivity contribution in [3.05, 3.63) is 35.9 Å². The van der Waals surface area contributed by atoms with Crippen molar-refractivity contribution >= 4 is 5.97 Å². The Labute approximate surface area is 109 Å². The molecular weight excluding hydrogens is 224 g/mol. The molecule has 0 spiro atoms. The molecule has 98 valence electrons. The van der Waals surface area contributed by atoms with E-state index in [1.807, 2.05) is 30.3 Å². The summed E-state index contributed by atoms with van der Waals surface area (Å²) in [7, 11) is 0. The molecule has 1 saturated carbocycles. The SMILES string of the molecule is O=C(CC1CCCCCC1)OCc1ccccc1. The van der Waals surface area contributed by atoms with Gasteiger partial charge < -0.3 is 4.74 Å². The second kappa shape index (κ2) is 7.20. The predicted octanol–water partition coefficient (Wildman–Crippen LogP) is 4.09. The van der Waals surface area contributed by atoms with Crippen molar-refractivity contribution in [3.8, 4) is 0 Å². The van der Waals surface area contributed by atoms with Crippen LogP contribution in [0, 0.1) is 5.92 Å². The molecule has 1 fully saturated rings. The molecule has 0 bridgehead atoms. The van der Waals surface area contributed by atoms with E-state index in [9.17, 15) is 4.79 Å². The van der Waals surface area contributed by atoms with Crippen molar-refractivity contribution < 1.29 is 9.53 Å². The fraction of sp³-hybridized carbons (Fsp3) is 0.562. The van der Waals surface area contributed by atoms with Gasteiger partial charge in [-0.3, -0.25) is 4.79 Å². The van der Waals surface area contributed by atoms with Crippen molar-refractivity contribution in [3.63, 3.8) is 0 Å². The molecule has 0 atom stereocenters. The molecule has 0 heterocycles. The van der Waals surface area contributed by atoms with Gasteiger partial charge in [0.25, 0.3) is 0 Å². The Bertz CT molecular complexity index is 351. The van der Waals surface area contributed by atoms with E-state index < -0.39 is 0 Å². The molecule has 0 N–H and O–H groups in total. The summed E-state index contributed by atoms with van der Waals surface area (Å²) in [5, 5.41) is 0. The van der Waals surface area contributed by atoms with Gasteiger partial charge in [-0.25, -0.2) is 0 Å². The molecule has 0 amide bonds. The van der Waals surface area contributed by atoms with Crippen LogP contribution in [0.5, 0.6) is 0 Å². The maximum absolute atomic E-state index is 11.8. The highest BCUT2D eigenvalue weighted by molar-refractivity contribution is 5.69. The number of hydrogen-bond donors (Lipinski definition) is 0. The number of ether oxygens (including phenoxy) is 1. The first kappa shape index (κ1) is 13.1. The fourth-order valence-corrected chi connectivity index (χ4v) is 2.60. The van der Waals surface area contributed by atoms with Crippen molar-refractivity contribution in [2.45, 2.75) is 51.6 Å². The summed E-state index contributed by atoms with van der Waals surface area (Å²) in [4.78, 5) is 11.8. The molecule has 2 nitrogen and oxygen atoms in total. The third kappa shape index (κ3) is 4.52. The average molecular weight is 246 g/mol. The van der Waals surface area contributed by atoms with E-state index in [4.69, 9.17) is 4.74 Å². The molecule has 2 rings (SSSR count). The highest BCUT2D eigenvalue weighted by Gasteiger charge is 2.16. The van der Waals surface area contributed by atoms with Gasteiger partial charge in [-0.15, -0.1) is 0 Å². The van der Waals surface area contributed by atoms with Crippen molar-refractivity contribution in [1.29, 1.82) is 0 Å². The van der Waals surface area contributed by atoms with Crippen LogP contribution in [-0.2, 0) is 16.1 Å². The van der Waals surface area contributed by atoms with Crippen LogP contribution in [-0.4, -0.2) is 5.97 Å². The van der Waals surface area contributed by atoms with Crippen LogP contribution in [0.25, 0.3) is 0 Å². The number of hydrogen-bond acceptors (Lipinski definition) is 2. The number of rotatable bonds is 4. The first-order chi connectivity index (χ1) is 8.84. The van der Waals surface area contributed by atoms with Crippen LogP contribution < -0.4 is 0 Å². The normalized spacial score (nSPS) is 17.1. The van der Waals surface area contributed by atoms with Crippen LogP contribution in [0.15, 0.2) is 30.3 Å². The van der Waals surface area contributed by atoms with E-state index in [0.29, 0.717) is 18.9 Å². The minimum atomic E-state index is -0.0363. The quantitative estimate of drug-likeness (QED) is 0.591. The molecule has 0 radical (unpaired) electrons. The Hall–Kier alpha value is -1.31. The maximum atomic E-state index is 11.8. The zero-order valence-electron chi connectivity index (χ0n) is 10.9. The minimum Gasteiger partial charge on any atom is -0.461 e. The van der Waals surface area contributed by atoms with Gasteiger partial charge in [-0.2, -0.15) is 0 Å². The Kier molecular flexibility index (Phi) is 5.25. The van der Waals surface area contributed by atoms with Gasteiger partial charge in [-0.1, -0.05) is 56.0 Å². The predicted molar refractivity (Wildman–Crippen MR) is 72.0 cm³/mol. The van der Waals surface area contributed by atoms with E-state index in [2.05, 4.69) is 0 Å². The minimum absolute atomic E-state index is 0.0363. The topological polar surface area (TPSA) is 26.3 Å². The molecule has 1 aliphatic rings. The zero-order chi connectivity index (χ0) is 12.6. The smallest absolute Gasteiger partial charge is 0.306 e. The maximum Gasteiger partial charge on any atom is 0.306 e. The molecular formula is C16H22O2. The number of carbonyl (C=O) groups is 1. The fourth-order valence-electron chi connectivity index (χ4n) is 2.60. The number of esters is 1. The van der Waals surface area contributed by atoms with E-state index in [0.717, 1.165) is 5.56 Å². The highest BCUT2D eigenvalue weighted by atomic mass is 16.5. The summed E-state index contributed by atoms with van der Waals surface area (Å²) in [5.41, 5.74) is 1.06. The van der Waals surface area contributed by atoms with Crippen LogP contribution in [0.1, 0.15) is 50.5 Å². The third-order valence-electron chi connectivity index (χ3n) is 3.67. The highest BCUT2D eigenvalue weighted by Crippen LogP contribution is 2.25. The first-order valence-electron chi connectivity index (χ1n) is 7.04. The second-order valence-electron chi connectivity index (χ2n) is 5.21. The Morgan fingerprint density at radius 3 is 2.39 bits per heavy atom. The molecule has 2 heteroatoms. The Morgan fingerprint density at radius 1 is 1.06 bits per heavy atom. The lowest BCUT2D eigenvalue weighted by Gasteiger charge is -2.13. The number of carbonyl (C=O) groups excluding carboxylic acids is 1. The first-order valence-corrected chi connectivity index (χ1v) is 7.04. The van der Waals surface area contributed by atoms with Crippen molar-refractivity contribution in [2.75, 3.05) is 0 Å². The lowest BCUT2D eigenvalue weighted by Crippen LogP contribution is -2.11. The van der Waals surface area contributed by atoms with Crippen LogP contribution in [0.3, 0.4) is 0 Å². The van der Waals surface area contributed by atoms with Crippen molar-refractivity contribution in [2.24, 2.45) is 5.92 Å². The number of benzene rings is 1. The summed E-state index contributed by atoms with van der Waals surface area (Å²) in [5.74, 6) is 0.515. The summed E-state index contributed by atoms with van der Waals surface area (Å²) < 4.78 is 5.33.